The molecule has 1 amide bonds. The van der Waals surface area contributed by atoms with Gasteiger partial charge in [0.05, 0.1) is 5.56 Å². The number of nitrogens with zero attached hydrogens (tertiary/aromatic N) is 1. The Bertz CT molecular complexity index is 573. The molecule has 0 unspecified atom stereocenters. The average molecular weight is 384 g/mol. The molecule has 2 aromatic rings. The maximum absolute atomic E-state index is 12.0. The van der Waals surface area contributed by atoms with Gasteiger partial charge in [0.15, 0.2) is 0 Å². The number of carbonyl (C=O) groups excluding carboxylic acids is 1. The van der Waals surface area contributed by atoms with Gasteiger partial charge in [-0.2, -0.15) is 0 Å². The Morgan fingerprint density at radius 3 is 2.63 bits per heavy atom. The number of carbonyl (C=O) groups is 1. The third-order valence-corrected chi connectivity index (χ3v) is 3.81. The Morgan fingerprint density at radius 1 is 1.16 bits per heavy atom. The molecule has 1 heterocycles. The smallest absolute Gasteiger partial charge is 0.252 e. The second-order valence-electron chi connectivity index (χ2n) is 3.99. The van der Waals surface area contributed by atoms with Crippen LogP contribution >= 0.6 is 31.9 Å². The Balaban J connectivity index is 1.93. The van der Waals surface area contributed by atoms with Crippen molar-refractivity contribution in [1.82, 2.24) is 10.3 Å². The molecule has 0 atom stereocenters. The molecule has 19 heavy (non-hydrogen) atoms. The Labute approximate surface area is 128 Å². The molecule has 0 fully saturated rings. The molecule has 2 rings (SSSR count). The van der Waals surface area contributed by atoms with Crippen LogP contribution in [-0.2, 0) is 6.42 Å². The molecule has 0 aliphatic heterocycles. The van der Waals surface area contributed by atoms with Gasteiger partial charge < -0.3 is 5.32 Å². The molecule has 0 bridgehead atoms. The van der Waals surface area contributed by atoms with E-state index >= 15 is 0 Å². The van der Waals surface area contributed by atoms with Gasteiger partial charge in [0.2, 0.25) is 0 Å². The largest absolute Gasteiger partial charge is 0.352 e. The van der Waals surface area contributed by atoms with Gasteiger partial charge in [0.25, 0.3) is 5.91 Å². The monoisotopic (exact) mass is 382 g/mol. The highest BCUT2D eigenvalue weighted by atomic mass is 79.9. The molecule has 1 N–H and O–H groups in total. The lowest BCUT2D eigenvalue weighted by Gasteiger charge is -2.07. The lowest BCUT2D eigenvalue weighted by atomic mass is 10.2. The van der Waals surface area contributed by atoms with Crippen molar-refractivity contribution in [3.05, 3.63) is 62.8 Å². The van der Waals surface area contributed by atoms with Crippen LogP contribution in [0.2, 0.25) is 0 Å². The normalized spacial score (nSPS) is 10.2. The average Bonchev–Trinajstić information content (AvgIpc) is 2.42. The van der Waals surface area contributed by atoms with E-state index in [1.54, 1.807) is 18.5 Å². The molecule has 1 aromatic carbocycles. The van der Waals surface area contributed by atoms with Gasteiger partial charge in [-0.05, 0) is 58.2 Å². The summed E-state index contributed by atoms with van der Waals surface area (Å²) in [5.74, 6) is -0.0813. The zero-order valence-electron chi connectivity index (χ0n) is 10.1. The first-order valence-corrected chi connectivity index (χ1v) is 7.37. The third-order valence-electron chi connectivity index (χ3n) is 2.62. The number of hydrogen-bond donors (Lipinski definition) is 1. The van der Waals surface area contributed by atoms with E-state index in [9.17, 15) is 4.79 Å². The molecule has 0 spiro atoms. The fraction of sp³-hybridized carbons (Fsp3) is 0.143. The van der Waals surface area contributed by atoms with Crippen molar-refractivity contribution in [2.75, 3.05) is 6.54 Å². The predicted molar refractivity (Wildman–Crippen MR) is 82.1 cm³/mol. The summed E-state index contributed by atoms with van der Waals surface area (Å²) in [4.78, 5) is 16.0. The summed E-state index contributed by atoms with van der Waals surface area (Å²) in [7, 11) is 0. The molecule has 3 nitrogen and oxygen atoms in total. The summed E-state index contributed by atoms with van der Waals surface area (Å²) < 4.78 is 1.67. The SMILES string of the molecule is O=C(NCCc1ccncc1)c1cc(Br)ccc1Br. The minimum atomic E-state index is -0.0813. The van der Waals surface area contributed by atoms with Crippen molar-refractivity contribution in [3.63, 3.8) is 0 Å². The number of halogens is 2. The van der Waals surface area contributed by atoms with Crippen molar-refractivity contribution in [2.24, 2.45) is 0 Å². The highest BCUT2D eigenvalue weighted by Gasteiger charge is 2.09. The minimum Gasteiger partial charge on any atom is -0.352 e. The highest BCUT2D eigenvalue weighted by Crippen LogP contribution is 2.21. The minimum absolute atomic E-state index is 0.0813. The van der Waals surface area contributed by atoms with Crippen LogP contribution in [-0.4, -0.2) is 17.4 Å². The molecule has 98 valence electrons. The van der Waals surface area contributed by atoms with Crippen LogP contribution in [0.4, 0.5) is 0 Å². The zero-order chi connectivity index (χ0) is 13.7. The molecule has 1 aromatic heterocycles. The van der Waals surface area contributed by atoms with Crippen LogP contribution in [0.25, 0.3) is 0 Å². The summed E-state index contributed by atoms with van der Waals surface area (Å²) >= 11 is 6.74. The van der Waals surface area contributed by atoms with Gasteiger partial charge in [0, 0.05) is 27.9 Å². The van der Waals surface area contributed by atoms with E-state index in [2.05, 4.69) is 42.2 Å². The van der Waals surface area contributed by atoms with Crippen molar-refractivity contribution in [1.29, 1.82) is 0 Å². The zero-order valence-corrected chi connectivity index (χ0v) is 13.2. The third kappa shape index (κ3) is 4.14. The molecular formula is C14H12Br2N2O. The molecule has 0 saturated carbocycles. The number of hydrogen-bond acceptors (Lipinski definition) is 2. The van der Waals surface area contributed by atoms with Gasteiger partial charge in [-0.15, -0.1) is 0 Å². The van der Waals surface area contributed by atoms with E-state index in [4.69, 9.17) is 0 Å². The van der Waals surface area contributed by atoms with Crippen LogP contribution in [0.15, 0.2) is 51.7 Å². The summed E-state index contributed by atoms with van der Waals surface area (Å²) in [5.41, 5.74) is 1.78. The van der Waals surface area contributed by atoms with Crippen LogP contribution < -0.4 is 5.32 Å². The maximum Gasteiger partial charge on any atom is 0.252 e. The molecular weight excluding hydrogens is 372 g/mol. The van der Waals surface area contributed by atoms with Crippen molar-refractivity contribution in [3.8, 4) is 0 Å². The van der Waals surface area contributed by atoms with E-state index in [0.717, 1.165) is 20.9 Å². The number of nitrogens with one attached hydrogen (secondary N) is 1. The van der Waals surface area contributed by atoms with E-state index in [0.29, 0.717) is 12.1 Å². The lowest BCUT2D eigenvalue weighted by Crippen LogP contribution is -2.26. The van der Waals surface area contributed by atoms with Crippen molar-refractivity contribution in [2.45, 2.75) is 6.42 Å². The second kappa shape index (κ2) is 6.82. The van der Waals surface area contributed by atoms with Gasteiger partial charge >= 0.3 is 0 Å². The van der Waals surface area contributed by atoms with Crippen LogP contribution in [0, 0.1) is 0 Å². The van der Waals surface area contributed by atoms with Crippen molar-refractivity contribution < 1.29 is 4.79 Å². The van der Waals surface area contributed by atoms with Gasteiger partial charge in [-0.3, -0.25) is 9.78 Å². The van der Waals surface area contributed by atoms with Gasteiger partial charge in [0.1, 0.15) is 0 Å². The first kappa shape index (κ1) is 14.2. The second-order valence-corrected chi connectivity index (χ2v) is 5.76. The Hall–Kier alpha value is -1.20. The standard InChI is InChI=1S/C14H12Br2N2O/c15-11-1-2-13(16)12(9-11)14(19)18-8-5-10-3-6-17-7-4-10/h1-4,6-7,9H,5,8H2,(H,18,19). The topological polar surface area (TPSA) is 42.0 Å². The Kier molecular flexibility index (Phi) is 5.10. The summed E-state index contributed by atoms with van der Waals surface area (Å²) in [6.45, 7) is 0.599. The fourth-order valence-corrected chi connectivity index (χ4v) is 2.42. The van der Waals surface area contributed by atoms with Gasteiger partial charge in [-0.1, -0.05) is 15.9 Å². The molecule has 5 heteroatoms. The maximum atomic E-state index is 12.0. The summed E-state index contributed by atoms with van der Waals surface area (Å²) in [6.07, 6.45) is 4.30. The molecule has 0 saturated heterocycles. The van der Waals surface area contributed by atoms with E-state index in [-0.39, 0.29) is 5.91 Å². The molecule has 0 radical (unpaired) electrons. The van der Waals surface area contributed by atoms with Crippen LogP contribution in [0.1, 0.15) is 15.9 Å². The number of aromatic nitrogens is 1. The number of rotatable bonds is 4. The quantitative estimate of drug-likeness (QED) is 0.876. The molecule has 0 aliphatic carbocycles. The van der Waals surface area contributed by atoms with Crippen LogP contribution in [0.5, 0.6) is 0 Å². The van der Waals surface area contributed by atoms with E-state index in [1.165, 1.54) is 0 Å². The Morgan fingerprint density at radius 2 is 1.89 bits per heavy atom. The number of benzene rings is 1. The van der Waals surface area contributed by atoms with E-state index < -0.39 is 0 Å². The number of pyridine rings is 1. The van der Waals surface area contributed by atoms with Crippen LogP contribution in [0.3, 0.4) is 0 Å². The fourth-order valence-electron chi connectivity index (χ4n) is 1.64. The van der Waals surface area contributed by atoms with Gasteiger partial charge in [-0.25, -0.2) is 0 Å². The summed E-state index contributed by atoms with van der Waals surface area (Å²) in [6, 6.07) is 9.42. The lowest BCUT2D eigenvalue weighted by molar-refractivity contribution is 0.0953. The molecule has 0 aliphatic rings. The predicted octanol–water partition coefficient (Wildman–Crippen LogP) is 3.58. The number of amides is 1. The summed E-state index contributed by atoms with van der Waals surface area (Å²) in [5, 5.41) is 2.91. The first-order valence-electron chi connectivity index (χ1n) is 5.79. The first-order chi connectivity index (χ1) is 9.16. The van der Waals surface area contributed by atoms with E-state index in [1.807, 2.05) is 24.3 Å². The highest BCUT2D eigenvalue weighted by molar-refractivity contribution is 9.11. The van der Waals surface area contributed by atoms with Crippen molar-refractivity contribution >= 4 is 37.8 Å².